The first-order valence-electron chi connectivity index (χ1n) is 7.15. The fourth-order valence-electron chi connectivity index (χ4n) is 2.03. The molecular formula is C15H18F2N4OS. The van der Waals surface area contributed by atoms with Gasteiger partial charge in [-0.1, -0.05) is 17.8 Å². The quantitative estimate of drug-likeness (QED) is 0.821. The maximum absolute atomic E-state index is 13.7. The molecule has 1 aromatic heterocycles. The van der Waals surface area contributed by atoms with Crippen molar-refractivity contribution < 1.29 is 13.6 Å². The number of nitrogens with zero attached hydrogens (tertiary/aromatic N) is 3. The van der Waals surface area contributed by atoms with Gasteiger partial charge in [0.2, 0.25) is 5.91 Å². The molecule has 0 saturated carbocycles. The summed E-state index contributed by atoms with van der Waals surface area (Å²) in [6, 6.07) is 2.95. The van der Waals surface area contributed by atoms with E-state index in [-0.39, 0.29) is 23.3 Å². The Balaban J connectivity index is 1.93. The molecule has 8 heteroatoms. The maximum atomic E-state index is 13.7. The Kier molecular flexibility index (Phi) is 5.70. The van der Waals surface area contributed by atoms with Crippen LogP contribution in [-0.4, -0.2) is 26.4 Å². The number of halogens is 2. The third-order valence-electron chi connectivity index (χ3n) is 3.24. The van der Waals surface area contributed by atoms with Gasteiger partial charge in [0.1, 0.15) is 18.0 Å². The topological polar surface area (TPSA) is 59.8 Å². The Hall–Kier alpha value is -1.96. The number of carbonyl (C=O) groups is 1. The van der Waals surface area contributed by atoms with Crippen molar-refractivity contribution in [1.82, 2.24) is 20.1 Å². The Morgan fingerprint density at radius 3 is 2.74 bits per heavy atom. The van der Waals surface area contributed by atoms with Crippen LogP contribution in [0.4, 0.5) is 8.78 Å². The van der Waals surface area contributed by atoms with Crippen LogP contribution >= 0.6 is 11.8 Å². The first kappa shape index (κ1) is 17.4. The minimum absolute atomic E-state index is 0.137. The summed E-state index contributed by atoms with van der Waals surface area (Å²) in [5.74, 6) is -1.44. The molecule has 124 valence electrons. The van der Waals surface area contributed by atoms with E-state index < -0.39 is 17.7 Å². The number of hydrogen-bond donors (Lipinski definition) is 1. The minimum atomic E-state index is -0.676. The molecule has 0 spiro atoms. The zero-order chi connectivity index (χ0) is 17.0. The third kappa shape index (κ3) is 4.51. The van der Waals surface area contributed by atoms with E-state index in [1.165, 1.54) is 23.9 Å². The van der Waals surface area contributed by atoms with Crippen molar-refractivity contribution in [1.29, 1.82) is 0 Å². The van der Waals surface area contributed by atoms with Gasteiger partial charge in [0, 0.05) is 17.7 Å². The van der Waals surface area contributed by atoms with Crippen LogP contribution in [0.3, 0.4) is 0 Å². The highest BCUT2D eigenvalue weighted by atomic mass is 32.2. The largest absolute Gasteiger partial charge is 0.349 e. The monoisotopic (exact) mass is 340 g/mol. The summed E-state index contributed by atoms with van der Waals surface area (Å²) < 4.78 is 28.5. The Labute approximate surface area is 137 Å². The average Bonchev–Trinajstić information content (AvgIpc) is 2.93. The highest BCUT2D eigenvalue weighted by Crippen LogP contribution is 2.20. The molecule has 1 N–H and O–H groups in total. The molecular weight excluding hydrogens is 322 g/mol. The molecule has 1 heterocycles. The Morgan fingerprint density at radius 1 is 1.35 bits per heavy atom. The first-order chi connectivity index (χ1) is 10.9. The van der Waals surface area contributed by atoms with Crippen LogP contribution in [-0.2, 0) is 4.79 Å². The summed E-state index contributed by atoms with van der Waals surface area (Å²) in [6.07, 6.45) is 1.61. The number of hydrogen-bond acceptors (Lipinski definition) is 4. The molecule has 5 nitrogen and oxygen atoms in total. The van der Waals surface area contributed by atoms with Gasteiger partial charge in [0.05, 0.1) is 11.8 Å². The molecule has 0 fully saturated rings. The summed E-state index contributed by atoms with van der Waals surface area (Å²) in [7, 11) is 0. The highest BCUT2D eigenvalue weighted by Gasteiger charge is 2.16. The lowest BCUT2D eigenvalue weighted by atomic mass is 10.1. The zero-order valence-corrected chi connectivity index (χ0v) is 13.9. The molecule has 0 saturated heterocycles. The standard InChI is InChI=1S/C15H18F2N4OS/c1-9(2)21-8-18-20-15(21)23-7-14(22)19-10(3)12-5-4-11(16)6-13(12)17/h4-6,8-10H,7H2,1-3H3,(H,19,22)/t10-/m0/s1. The Morgan fingerprint density at radius 2 is 2.09 bits per heavy atom. The van der Waals surface area contributed by atoms with Crippen LogP contribution in [0.2, 0.25) is 0 Å². The second-order valence-electron chi connectivity index (χ2n) is 5.36. The van der Waals surface area contributed by atoms with E-state index in [0.717, 1.165) is 6.07 Å². The van der Waals surface area contributed by atoms with E-state index in [9.17, 15) is 13.6 Å². The smallest absolute Gasteiger partial charge is 0.230 e. The fourth-order valence-corrected chi connectivity index (χ4v) is 2.89. The number of amides is 1. The van der Waals surface area contributed by atoms with E-state index in [4.69, 9.17) is 0 Å². The molecule has 1 aromatic carbocycles. The average molecular weight is 340 g/mol. The molecule has 0 bridgehead atoms. The fraction of sp³-hybridized carbons (Fsp3) is 0.400. The van der Waals surface area contributed by atoms with Crippen molar-refractivity contribution in [3.8, 4) is 0 Å². The first-order valence-corrected chi connectivity index (χ1v) is 8.13. The van der Waals surface area contributed by atoms with Crippen LogP contribution in [0.25, 0.3) is 0 Å². The molecule has 2 rings (SSSR count). The molecule has 23 heavy (non-hydrogen) atoms. The normalized spacial score (nSPS) is 12.4. The van der Waals surface area contributed by atoms with Gasteiger partial charge in [-0.15, -0.1) is 10.2 Å². The summed E-state index contributed by atoms with van der Waals surface area (Å²) >= 11 is 1.26. The molecule has 2 aromatic rings. The van der Waals surface area contributed by atoms with Gasteiger partial charge in [-0.3, -0.25) is 4.79 Å². The number of carbonyl (C=O) groups excluding carboxylic acids is 1. The van der Waals surface area contributed by atoms with Crippen LogP contribution in [0.15, 0.2) is 29.7 Å². The molecule has 0 aliphatic heterocycles. The lowest BCUT2D eigenvalue weighted by Crippen LogP contribution is -2.28. The van der Waals surface area contributed by atoms with Gasteiger partial charge < -0.3 is 9.88 Å². The second-order valence-corrected chi connectivity index (χ2v) is 6.30. The van der Waals surface area contributed by atoms with Gasteiger partial charge >= 0.3 is 0 Å². The summed E-state index contributed by atoms with van der Waals surface area (Å²) in [5, 5.41) is 11.1. The zero-order valence-electron chi connectivity index (χ0n) is 13.1. The van der Waals surface area contributed by atoms with Crippen LogP contribution < -0.4 is 5.32 Å². The summed E-state index contributed by atoms with van der Waals surface area (Å²) in [5.41, 5.74) is 0.245. The lowest BCUT2D eigenvalue weighted by Gasteiger charge is -2.15. The summed E-state index contributed by atoms with van der Waals surface area (Å²) in [4.78, 5) is 12.0. The molecule has 1 amide bonds. The van der Waals surface area contributed by atoms with Crippen LogP contribution in [0.1, 0.15) is 38.4 Å². The van der Waals surface area contributed by atoms with Gasteiger partial charge in [0.25, 0.3) is 0 Å². The van der Waals surface area contributed by atoms with Gasteiger partial charge in [0.15, 0.2) is 5.16 Å². The maximum Gasteiger partial charge on any atom is 0.230 e. The molecule has 0 aliphatic carbocycles. The third-order valence-corrected chi connectivity index (χ3v) is 4.19. The van der Waals surface area contributed by atoms with E-state index in [0.29, 0.717) is 5.16 Å². The van der Waals surface area contributed by atoms with Crippen molar-refractivity contribution >= 4 is 17.7 Å². The van der Waals surface area contributed by atoms with Crippen LogP contribution in [0.5, 0.6) is 0 Å². The Bertz CT molecular complexity index is 690. The molecule has 0 radical (unpaired) electrons. The SMILES string of the molecule is CC(C)n1cnnc1SCC(=O)N[C@@H](C)c1ccc(F)cc1F. The van der Waals surface area contributed by atoms with Crippen molar-refractivity contribution in [2.45, 2.75) is 38.0 Å². The van der Waals surface area contributed by atoms with Crippen molar-refractivity contribution in [3.63, 3.8) is 0 Å². The molecule has 1 atom stereocenters. The number of benzene rings is 1. The minimum Gasteiger partial charge on any atom is -0.349 e. The van der Waals surface area contributed by atoms with Gasteiger partial charge in [-0.2, -0.15) is 0 Å². The molecule has 0 unspecified atom stereocenters. The van der Waals surface area contributed by atoms with Crippen molar-refractivity contribution in [2.24, 2.45) is 0 Å². The number of aromatic nitrogens is 3. The van der Waals surface area contributed by atoms with Crippen molar-refractivity contribution in [2.75, 3.05) is 5.75 Å². The number of rotatable bonds is 6. The summed E-state index contributed by atoms with van der Waals surface area (Å²) in [6.45, 7) is 5.63. The van der Waals surface area contributed by atoms with Crippen LogP contribution in [0, 0.1) is 11.6 Å². The number of nitrogens with one attached hydrogen (secondary N) is 1. The van der Waals surface area contributed by atoms with E-state index in [1.54, 1.807) is 13.3 Å². The van der Waals surface area contributed by atoms with Gasteiger partial charge in [-0.25, -0.2) is 8.78 Å². The van der Waals surface area contributed by atoms with E-state index in [2.05, 4.69) is 15.5 Å². The predicted molar refractivity (Wildman–Crippen MR) is 84.0 cm³/mol. The predicted octanol–water partition coefficient (Wildman–Crippen LogP) is 3.11. The highest BCUT2D eigenvalue weighted by molar-refractivity contribution is 7.99. The molecule has 0 aliphatic rings. The van der Waals surface area contributed by atoms with E-state index in [1.807, 2.05) is 18.4 Å². The number of thioether (sulfide) groups is 1. The lowest BCUT2D eigenvalue weighted by molar-refractivity contribution is -0.119. The van der Waals surface area contributed by atoms with Gasteiger partial charge in [-0.05, 0) is 26.8 Å². The second kappa shape index (κ2) is 7.54. The van der Waals surface area contributed by atoms with E-state index >= 15 is 0 Å². The van der Waals surface area contributed by atoms with Crippen molar-refractivity contribution in [3.05, 3.63) is 41.7 Å².